The number of nitrogens with zero attached hydrogens (tertiary/aromatic N) is 1. The van der Waals surface area contributed by atoms with Crippen LogP contribution in [-0.2, 0) is 0 Å². The highest BCUT2D eigenvalue weighted by atomic mass is 35.5. The Balaban J connectivity index is 1.95. The molecule has 1 N–H and O–H groups in total. The quantitative estimate of drug-likeness (QED) is 0.373. The third kappa shape index (κ3) is 4.07. The molecule has 3 aromatic carbocycles. The summed E-state index contributed by atoms with van der Waals surface area (Å²) in [5.74, 6) is -0.860. The van der Waals surface area contributed by atoms with Gasteiger partial charge in [0, 0.05) is 33.3 Å². The summed E-state index contributed by atoms with van der Waals surface area (Å²) in [5.41, 5.74) is 1.37. The molecule has 0 unspecified atom stereocenters. The van der Waals surface area contributed by atoms with Crippen LogP contribution in [0.15, 0.2) is 66.7 Å². The molecule has 3 rings (SSSR count). The van der Waals surface area contributed by atoms with Crippen LogP contribution >= 0.6 is 11.6 Å². The van der Waals surface area contributed by atoms with Gasteiger partial charge in [-0.05, 0) is 31.2 Å². The van der Waals surface area contributed by atoms with Gasteiger partial charge >= 0.3 is 0 Å². The molecular weight excluding hydrogens is 380 g/mol. The first-order valence-corrected chi connectivity index (χ1v) is 8.70. The number of amides is 1. The summed E-state index contributed by atoms with van der Waals surface area (Å²) < 4.78 is 0. The molecule has 28 heavy (non-hydrogen) atoms. The van der Waals surface area contributed by atoms with E-state index in [1.54, 1.807) is 43.3 Å². The summed E-state index contributed by atoms with van der Waals surface area (Å²) in [5, 5.41) is 14.1. The number of benzene rings is 3. The molecule has 7 heteroatoms. The molecule has 0 saturated heterocycles. The van der Waals surface area contributed by atoms with Crippen molar-refractivity contribution in [1.82, 2.24) is 0 Å². The second kappa shape index (κ2) is 8.02. The van der Waals surface area contributed by atoms with E-state index < -0.39 is 10.8 Å². The Hall–Kier alpha value is -3.51. The van der Waals surface area contributed by atoms with E-state index in [-0.39, 0.29) is 28.3 Å². The van der Waals surface area contributed by atoms with Crippen LogP contribution in [0.1, 0.15) is 31.8 Å². The highest BCUT2D eigenvalue weighted by molar-refractivity contribution is 6.31. The number of hydrogen-bond donors (Lipinski definition) is 1. The predicted molar refractivity (Wildman–Crippen MR) is 107 cm³/mol. The van der Waals surface area contributed by atoms with Crippen molar-refractivity contribution in [1.29, 1.82) is 0 Å². The van der Waals surface area contributed by atoms with Crippen LogP contribution in [0, 0.1) is 17.0 Å². The zero-order valence-electron chi connectivity index (χ0n) is 14.8. The number of halogens is 1. The summed E-state index contributed by atoms with van der Waals surface area (Å²) in [4.78, 5) is 36.0. The second-order valence-electron chi connectivity index (χ2n) is 6.10. The molecule has 6 nitrogen and oxygen atoms in total. The Morgan fingerprint density at radius 3 is 2.36 bits per heavy atom. The number of ketones is 1. The van der Waals surface area contributed by atoms with Gasteiger partial charge in [-0.3, -0.25) is 19.7 Å². The zero-order valence-corrected chi connectivity index (χ0v) is 15.6. The molecule has 0 aliphatic heterocycles. The van der Waals surface area contributed by atoms with Crippen LogP contribution in [0.25, 0.3) is 0 Å². The molecule has 0 aromatic heterocycles. The number of aryl methyl sites for hydroxylation is 1. The lowest BCUT2D eigenvalue weighted by Gasteiger charge is -2.11. The van der Waals surface area contributed by atoms with Gasteiger partial charge in [0.25, 0.3) is 11.6 Å². The Morgan fingerprint density at radius 1 is 0.964 bits per heavy atom. The Kier molecular flexibility index (Phi) is 5.52. The van der Waals surface area contributed by atoms with Crippen LogP contribution in [-0.4, -0.2) is 16.6 Å². The molecule has 1 amide bonds. The molecule has 0 fully saturated rings. The third-order valence-corrected chi connectivity index (χ3v) is 4.41. The largest absolute Gasteiger partial charge is 0.321 e. The van der Waals surface area contributed by atoms with Crippen molar-refractivity contribution < 1.29 is 14.5 Å². The molecule has 0 aliphatic rings. The molecule has 0 heterocycles. The minimum Gasteiger partial charge on any atom is -0.321 e. The number of rotatable bonds is 5. The monoisotopic (exact) mass is 394 g/mol. The highest BCUT2D eigenvalue weighted by Crippen LogP contribution is 2.25. The number of anilines is 1. The van der Waals surface area contributed by atoms with Crippen molar-refractivity contribution >= 4 is 34.7 Å². The van der Waals surface area contributed by atoms with Crippen LogP contribution in [0.4, 0.5) is 11.4 Å². The summed E-state index contributed by atoms with van der Waals surface area (Å²) in [6.07, 6.45) is 0. The van der Waals surface area contributed by atoms with Gasteiger partial charge in [0.15, 0.2) is 5.78 Å². The number of carbonyl (C=O) groups excluding carboxylic acids is 2. The average molecular weight is 395 g/mol. The maximum Gasteiger partial charge on any atom is 0.273 e. The molecule has 0 radical (unpaired) electrons. The van der Waals surface area contributed by atoms with Crippen molar-refractivity contribution in [3.05, 3.63) is 104 Å². The van der Waals surface area contributed by atoms with Crippen molar-refractivity contribution in [2.24, 2.45) is 0 Å². The van der Waals surface area contributed by atoms with Gasteiger partial charge in [-0.15, -0.1) is 0 Å². The molecule has 0 spiro atoms. The molecular formula is C21H15ClN2O4. The van der Waals surface area contributed by atoms with E-state index in [4.69, 9.17) is 11.6 Å². The minimum atomic E-state index is -0.562. The van der Waals surface area contributed by atoms with Crippen molar-refractivity contribution in [2.75, 3.05) is 5.32 Å². The number of nitro benzene ring substituents is 1. The predicted octanol–water partition coefficient (Wildman–Crippen LogP) is 5.04. The summed E-state index contributed by atoms with van der Waals surface area (Å²) in [6.45, 7) is 1.59. The summed E-state index contributed by atoms with van der Waals surface area (Å²) in [6, 6.07) is 17.4. The normalized spacial score (nSPS) is 10.4. The minimum absolute atomic E-state index is 0.116. The Bertz CT molecular complexity index is 1080. The van der Waals surface area contributed by atoms with Crippen molar-refractivity contribution in [3.63, 3.8) is 0 Å². The first-order chi connectivity index (χ1) is 13.4. The van der Waals surface area contributed by atoms with E-state index in [1.165, 1.54) is 30.3 Å². The van der Waals surface area contributed by atoms with Gasteiger partial charge in [-0.25, -0.2) is 0 Å². The zero-order chi connectivity index (χ0) is 20.3. The topological polar surface area (TPSA) is 89.3 Å². The molecule has 0 bridgehead atoms. The average Bonchev–Trinajstić information content (AvgIpc) is 2.69. The van der Waals surface area contributed by atoms with Crippen LogP contribution in [0.2, 0.25) is 5.02 Å². The van der Waals surface area contributed by atoms with Crippen LogP contribution < -0.4 is 5.32 Å². The van der Waals surface area contributed by atoms with E-state index >= 15 is 0 Å². The summed E-state index contributed by atoms with van der Waals surface area (Å²) in [7, 11) is 0. The first-order valence-electron chi connectivity index (χ1n) is 8.32. The van der Waals surface area contributed by atoms with Crippen molar-refractivity contribution in [3.8, 4) is 0 Å². The third-order valence-electron chi connectivity index (χ3n) is 4.18. The Morgan fingerprint density at radius 2 is 1.68 bits per heavy atom. The van der Waals surface area contributed by atoms with E-state index in [9.17, 15) is 19.7 Å². The standard InChI is InChI=1S/C21H15ClN2O4/c1-13-7-8-15(11-19(13)24(27)28)21(26)23-18-10-9-16(22)12-17(18)20(25)14-5-3-2-4-6-14/h2-12H,1H3,(H,23,26). The van der Waals surface area contributed by atoms with Gasteiger partial charge in [0.1, 0.15) is 0 Å². The fraction of sp³-hybridized carbons (Fsp3) is 0.0476. The van der Waals surface area contributed by atoms with Gasteiger partial charge in [-0.2, -0.15) is 0 Å². The second-order valence-corrected chi connectivity index (χ2v) is 6.53. The smallest absolute Gasteiger partial charge is 0.273 e. The molecule has 0 aliphatic carbocycles. The van der Waals surface area contributed by atoms with Gasteiger partial charge in [0.05, 0.1) is 10.6 Å². The number of hydrogen-bond acceptors (Lipinski definition) is 4. The van der Waals surface area contributed by atoms with Crippen LogP contribution in [0.5, 0.6) is 0 Å². The Labute approximate surface area is 165 Å². The summed E-state index contributed by atoms with van der Waals surface area (Å²) >= 11 is 6.04. The van der Waals surface area contributed by atoms with E-state index in [0.717, 1.165) is 0 Å². The fourth-order valence-corrected chi connectivity index (χ4v) is 2.87. The van der Waals surface area contributed by atoms with E-state index in [0.29, 0.717) is 16.1 Å². The number of carbonyl (C=O) groups is 2. The van der Waals surface area contributed by atoms with Crippen LogP contribution in [0.3, 0.4) is 0 Å². The van der Waals surface area contributed by atoms with E-state index in [2.05, 4.69) is 5.32 Å². The lowest BCUT2D eigenvalue weighted by molar-refractivity contribution is -0.385. The van der Waals surface area contributed by atoms with E-state index in [1.807, 2.05) is 0 Å². The van der Waals surface area contributed by atoms with Gasteiger partial charge in [0.2, 0.25) is 0 Å². The molecule has 0 atom stereocenters. The lowest BCUT2D eigenvalue weighted by Crippen LogP contribution is -2.15. The number of nitro groups is 1. The molecule has 3 aromatic rings. The molecule has 0 saturated carbocycles. The molecule has 140 valence electrons. The highest BCUT2D eigenvalue weighted by Gasteiger charge is 2.19. The maximum absolute atomic E-state index is 12.8. The fourth-order valence-electron chi connectivity index (χ4n) is 2.70. The first kappa shape index (κ1) is 19.3. The SMILES string of the molecule is Cc1ccc(C(=O)Nc2ccc(Cl)cc2C(=O)c2ccccc2)cc1[N+](=O)[O-]. The maximum atomic E-state index is 12.8. The van der Waals surface area contributed by atoms with Crippen molar-refractivity contribution in [2.45, 2.75) is 6.92 Å². The number of nitrogens with one attached hydrogen (secondary N) is 1. The van der Waals surface area contributed by atoms with Gasteiger partial charge < -0.3 is 5.32 Å². The lowest BCUT2D eigenvalue weighted by atomic mass is 10.0. The van der Waals surface area contributed by atoms with Gasteiger partial charge in [-0.1, -0.05) is 48.0 Å².